The van der Waals surface area contributed by atoms with Gasteiger partial charge in [-0.3, -0.25) is 14.4 Å². The normalized spacial score (nSPS) is 16.3. The molecule has 27 heavy (non-hydrogen) atoms. The van der Waals surface area contributed by atoms with Gasteiger partial charge in [-0.15, -0.1) is 0 Å². The van der Waals surface area contributed by atoms with Crippen LogP contribution in [0.2, 0.25) is 0 Å². The third kappa shape index (κ3) is 2.71. The second-order valence-electron chi connectivity index (χ2n) is 6.08. The van der Waals surface area contributed by atoms with E-state index in [1.807, 2.05) is 17.9 Å². The summed E-state index contributed by atoms with van der Waals surface area (Å²) in [6.45, 7) is 2.58. The zero-order valence-corrected chi connectivity index (χ0v) is 14.6. The van der Waals surface area contributed by atoms with Gasteiger partial charge in [0.25, 0.3) is 0 Å². The summed E-state index contributed by atoms with van der Waals surface area (Å²) >= 11 is 0. The smallest absolute Gasteiger partial charge is 0.211 e. The molecule has 2 aromatic rings. The molecule has 0 aromatic heterocycles. The molecule has 0 spiro atoms. The summed E-state index contributed by atoms with van der Waals surface area (Å²) in [7, 11) is 0. The average molecular weight is 360 g/mol. The van der Waals surface area contributed by atoms with Gasteiger partial charge in [0.15, 0.2) is 17.3 Å². The molecule has 0 saturated heterocycles. The van der Waals surface area contributed by atoms with Gasteiger partial charge in [-0.2, -0.15) is 0 Å². The summed E-state index contributed by atoms with van der Waals surface area (Å²) in [5.41, 5.74) is 2.45. The van der Waals surface area contributed by atoms with Crippen LogP contribution in [0.1, 0.15) is 27.6 Å². The number of hydrogen-bond donors (Lipinski definition) is 1. The number of nitrogens with zero attached hydrogens (tertiary/aromatic N) is 1. The molecule has 6 heteroatoms. The SMILES string of the molecule is CCN1C(=CC=C2C(=O)c3ccccc3C2=O)Oc2ccc(NC=O)cc21. The summed E-state index contributed by atoms with van der Waals surface area (Å²) < 4.78 is 5.85. The van der Waals surface area contributed by atoms with Gasteiger partial charge in [-0.25, -0.2) is 0 Å². The largest absolute Gasteiger partial charge is 0.439 e. The van der Waals surface area contributed by atoms with E-state index in [0.29, 0.717) is 41.4 Å². The van der Waals surface area contributed by atoms with E-state index in [-0.39, 0.29) is 17.1 Å². The molecule has 0 fully saturated rings. The van der Waals surface area contributed by atoms with E-state index < -0.39 is 0 Å². The molecule has 2 aliphatic rings. The Morgan fingerprint density at radius 1 is 1.04 bits per heavy atom. The standard InChI is InChI=1S/C21H16N2O4/c1-2-23-17-11-13(22-12-24)7-9-18(17)27-19(23)10-8-16-20(25)14-5-3-4-6-15(14)21(16)26/h3-12H,2H2,1H3,(H,22,24). The summed E-state index contributed by atoms with van der Waals surface area (Å²) in [6.07, 6.45) is 3.76. The van der Waals surface area contributed by atoms with E-state index in [1.165, 1.54) is 6.08 Å². The molecular weight excluding hydrogens is 344 g/mol. The first-order chi connectivity index (χ1) is 13.1. The highest BCUT2D eigenvalue weighted by molar-refractivity contribution is 6.39. The van der Waals surface area contributed by atoms with Crippen LogP contribution in [0.5, 0.6) is 5.75 Å². The van der Waals surface area contributed by atoms with Gasteiger partial charge in [-0.05, 0) is 37.3 Å². The first kappa shape index (κ1) is 16.8. The molecule has 1 heterocycles. The van der Waals surface area contributed by atoms with Gasteiger partial charge in [-0.1, -0.05) is 24.3 Å². The zero-order chi connectivity index (χ0) is 19.0. The Kier molecular flexibility index (Phi) is 4.08. The Hall–Kier alpha value is -3.67. The quantitative estimate of drug-likeness (QED) is 0.514. The highest BCUT2D eigenvalue weighted by Gasteiger charge is 2.32. The fourth-order valence-corrected chi connectivity index (χ4v) is 3.29. The number of carbonyl (C=O) groups is 3. The number of anilines is 2. The zero-order valence-electron chi connectivity index (χ0n) is 14.6. The van der Waals surface area contributed by atoms with E-state index in [1.54, 1.807) is 42.5 Å². The number of Topliss-reactive ketones (excluding diaryl/α,β-unsaturated/α-hetero) is 2. The lowest BCUT2D eigenvalue weighted by molar-refractivity contribution is -0.105. The van der Waals surface area contributed by atoms with Crippen molar-refractivity contribution < 1.29 is 19.1 Å². The van der Waals surface area contributed by atoms with Crippen molar-refractivity contribution in [2.45, 2.75) is 6.92 Å². The molecule has 134 valence electrons. The molecule has 1 N–H and O–H groups in total. The number of amides is 1. The van der Waals surface area contributed by atoms with Crippen molar-refractivity contribution >= 4 is 29.4 Å². The third-order valence-electron chi connectivity index (χ3n) is 4.57. The topological polar surface area (TPSA) is 75.7 Å². The molecule has 4 rings (SSSR count). The third-order valence-corrected chi connectivity index (χ3v) is 4.57. The fourth-order valence-electron chi connectivity index (χ4n) is 3.29. The van der Waals surface area contributed by atoms with Gasteiger partial charge >= 0.3 is 0 Å². The van der Waals surface area contributed by atoms with E-state index in [9.17, 15) is 14.4 Å². The first-order valence-corrected chi connectivity index (χ1v) is 8.54. The number of rotatable bonds is 4. The maximum absolute atomic E-state index is 12.5. The van der Waals surface area contributed by atoms with Crippen molar-refractivity contribution in [3.8, 4) is 5.75 Å². The molecule has 1 aliphatic heterocycles. The summed E-state index contributed by atoms with van der Waals surface area (Å²) in [6, 6.07) is 12.1. The molecule has 0 saturated carbocycles. The van der Waals surface area contributed by atoms with Crippen LogP contribution in [-0.2, 0) is 4.79 Å². The molecular formula is C21H16N2O4. The molecule has 1 aliphatic carbocycles. The van der Waals surface area contributed by atoms with E-state index >= 15 is 0 Å². The van der Waals surface area contributed by atoms with Crippen LogP contribution in [0.15, 0.2) is 66.1 Å². The molecule has 1 amide bonds. The Labute approximate surface area is 155 Å². The summed E-state index contributed by atoms with van der Waals surface area (Å²) in [5, 5.41) is 2.61. The minimum atomic E-state index is -0.275. The highest BCUT2D eigenvalue weighted by atomic mass is 16.5. The number of fused-ring (bicyclic) bond motifs is 2. The van der Waals surface area contributed by atoms with Gasteiger partial charge in [0.05, 0.1) is 11.3 Å². The Balaban J connectivity index is 1.67. The predicted octanol–water partition coefficient (Wildman–Crippen LogP) is 3.32. The molecule has 0 bridgehead atoms. The van der Waals surface area contributed by atoms with Crippen molar-refractivity contribution in [2.75, 3.05) is 16.8 Å². The fraction of sp³-hybridized carbons (Fsp3) is 0.0952. The summed E-state index contributed by atoms with van der Waals surface area (Å²) in [4.78, 5) is 37.5. The maximum Gasteiger partial charge on any atom is 0.211 e. The van der Waals surface area contributed by atoms with E-state index in [2.05, 4.69) is 5.32 Å². The Morgan fingerprint density at radius 2 is 1.74 bits per heavy atom. The predicted molar refractivity (Wildman–Crippen MR) is 101 cm³/mol. The lowest BCUT2D eigenvalue weighted by Gasteiger charge is -2.15. The number of allylic oxidation sites excluding steroid dienone is 3. The molecule has 0 atom stereocenters. The summed E-state index contributed by atoms with van der Waals surface area (Å²) in [5.74, 6) is 0.608. The van der Waals surface area contributed by atoms with Crippen LogP contribution in [0.25, 0.3) is 0 Å². The van der Waals surface area contributed by atoms with Crippen molar-refractivity contribution in [3.05, 3.63) is 77.2 Å². The lowest BCUT2D eigenvalue weighted by Crippen LogP contribution is -2.19. The van der Waals surface area contributed by atoms with Crippen LogP contribution >= 0.6 is 0 Å². The number of carbonyl (C=O) groups excluding carboxylic acids is 3. The van der Waals surface area contributed by atoms with Crippen LogP contribution < -0.4 is 15.0 Å². The van der Waals surface area contributed by atoms with E-state index in [4.69, 9.17) is 4.74 Å². The van der Waals surface area contributed by atoms with Crippen molar-refractivity contribution in [1.29, 1.82) is 0 Å². The van der Waals surface area contributed by atoms with Crippen LogP contribution in [0, 0.1) is 0 Å². The van der Waals surface area contributed by atoms with Gasteiger partial charge < -0.3 is 15.0 Å². The monoisotopic (exact) mass is 360 g/mol. The van der Waals surface area contributed by atoms with Gasteiger partial charge in [0, 0.05) is 23.4 Å². The molecule has 0 radical (unpaired) electrons. The lowest BCUT2D eigenvalue weighted by atomic mass is 10.1. The van der Waals surface area contributed by atoms with Crippen LogP contribution in [0.4, 0.5) is 11.4 Å². The number of benzene rings is 2. The van der Waals surface area contributed by atoms with Gasteiger partial charge in [0.1, 0.15) is 0 Å². The Morgan fingerprint density at radius 3 is 2.37 bits per heavy atom. The Bertz CT molecular complexity index is 999. The minimum Gasteiger partial charge on any atom is -0.439 e. The second-order valence-corrected chi connectivity index (χ2v) is 6.08. The maximum atomic E-state index is 12.5. The molecule has 0 unspecified atom stereocenters. The minimum absolute atomic E-state index is 0.127. The second kappa shape index (κ2) is 6.57. The van der Waals surface area contributed by atoms with Crippen LogP contribution in [0.3, 0.4) is 0 Å². The number of ether oxygens (including phenoxy) is 1. The average Bonchev–Trinajstić information content (AvgIpc) is 3.15. The number of hydrogen-bond acceptors (Lipinski definition) is 5. The van der Waals surface area contributed by atoms with Crippen molar-refractivity contribution in [3.63, 3.8) is 0 Å². The molecule has 2 aromatic carbocycles. The van der Waals surface area contributed by atoms with Crippen molar-refractivity contribution in [2.24, 2.45) is 0 Å². The number of nitrogens with one attached hydrogen (secondary N) is 1. The first-order valence-electron chi connectivity index (χ1n) is 8.54. The van der Waals surface area contributed by atoms with E-state index in [0.717, 1.165) is 5.69 Å². The number of ketones is 2. The highest BCUT2D eigenvalue weighted by Crippen LogP contribution is 2.40. The van der Waals surface area contributed by atoms with Crippen molar-refractivity contribution in [1.82, 2.24) is 0 Å². The van der Waals surface area contributed by atoms with Gasteiger partial charge in [0.2, 0.25) is 12.3 Å². The van der Waals surface area contributed by atoms with Crippen LogP contribution in [-0.4, -0.2) is 24.5 Å². The molecule has 6 nitrogen and oxygen atoms in total.